The van der Waals surface area contributed by atoms with Crippen molar-refractivity contribution in [2.45, 2.75) is 39.2 Å². The predicted molar refractivity (Wildman–Crippen MR) is 89.2 cm³/mol. The van der Waals surface area contributed by atoms with Gasteiger partial charge in [-0.2, -0.15) is 0 Å². The maximum Gasteiger partial charge on any atom is 0.225 e. The molecule has 1 fully saturated rings. The summed E-state index contributed by atoms with van der Waals surface area (Å²) in [6, 6.07) is 9.87. The Hall–Kier alpha value is -1.55. The maximum atomic E-state index is 12.2. The molecule has 22 heavy (non-hydrogen) atoms. The average Bonchev–Trinajstić information content (AvgIpc) is 2.52. The van der Waals surface area contributed by atoms with Crippen LogP contribution in [0, 0.1) is 6.07 Å². The molecule has 0 aromatic heterocycles. The highest BCUT2D eigenvalue weighted by molar-refractivity contribution is 5.77. The number of rotatable bonds is 5. The number of nitrogens with zero attached hydrogens (tertiary/aromatic N) is 2. The van der Waals surface area contributed by atoms with Gasteiger partial charge in [-0.3, -0.25) is 4.79 Å². The molecule has 1 aromatic rings. The molecule has 1 amide bonds. The minimum Gasteiger partial charge on any atom is -0.384 e. The predicted octanol–water partition coefficient (Wildman–Crippen LogP) is 2.68. The molecule has 0 N–H and O–H groups in total. The SMILES string of the molecule is COCCC(=O)N1CCN(c2cc[c]c(C(C)C)c2)CC1C. The Labute approximate surface area is 134 Å². The van der Waals surface area contributed by atoms with Crippen LogP contribution < -0.4 is 4.90 Å². The number of hydrogen-bond donors (Lipinski definition) is 0. The molecule has 2 rings (SSSR count). The minimum atomic E-state index is 0.193. The molecule has 0 spiro atoms. The summed E-state index contributed by atoms with van der Waals surface area (Å²) in [4.78, 5) is 16.5. The summed E-state index contributed by atoms with van der Waals surface area (Å²) in [5.74, 6) is 0.674. The van der Waals surface area contributed by atoms with Gasteiger partial charge < -0.3 is 14.5 Å². The first-order chi connectivity index (χ1) is 10.5. The van der Waals surface area contributed by atoms with Crippen LogP contribution in [0.4, 0.5) is 5.69 Å². The minimum absolute atomic E-state index is 0.193. The van der Waals surface area contributed by atoms with Gasteiger partial charge in [0.1, 0.15) is 0 Å². The van der Waals surface area contributed by atoms with Crippen LogP contribution in [-0.2, 0) is 9.53 Å². The molecule has 1 heterocycles. The van der Waals surface area contributed by atoms with E-state index in [1.165, 1.54) is 11.3 Å². The van der Waals surface area contributed by atoms with Crippen molar-refractivity contribution in [2.24, 2.45) is 0 Å². The summed E-state index contributed by atoms with van der Waals surface area (Å²) in [7, 11) is 1.63. The van der Waals surface area contributed by atoms with Gasteiger partial charge in [0.15, 0.2) is 0 Å². The van der Waals surface area contributed by atoms with Crippen molar-refractivity contribution >= 4 is 11.6 Å². The Morgan fingerprint density at radius 1 is 1.45 bits per heavy atom. The Morgan fingerprint density at radius 3 is 2.86 bits per heavy atom. The number of anilines is 1. The molecule has 1 saturated heterocycles. The van der Waals surface area contributed by atoms with Crippen molar-refractivity contribution in [1.29, 1.82) is 0 Å². The van der Waals surface area contributed by atoms with Gasteiger partial charge in [-0.25, -0.2) is 0 Å². The zero-order chi connectivity index (χ0) is 16.1. The molecule has 0 bridgehead atoms. The number of carbonyl (C=O) groups excluding carboxylic acids is 1. The second-order valence-electron chi connectivity index (χ2n) is 6.28. The van der Waals surface area contributed by atoms with Gasteiger partial charge in [-0.05, 0) is 36.6 Å². The number of methoxy groups -OCH3 is 1. The summed E-state index contributed by atoms with van der Waals surface area (Å²) in [6.45, 7) is 9.52. The van der Waals surface area contributed by atoms with Crippen LogP contribution in [0.3, 0.4) is 0 Å². The maximum absolute atomic E-state index is 12.2. The van der Waals surface area contributed by atoms with E-state index in [4.69, 9.17) is 4.74 Å². The molecule has 121 valence electrons. The van der Waals surface area contributed by atoms with Gasteiger partial charge >= 0.3 is 0 Å². The largest absolute Gasteiger partial charge is 0.384 e. The third-order valence-electron chi connectivity index (χ3n) is 4.26. The molecule has 4 nitrogen and oxygen atoms in total. The van der Waals surface area contributed by atoms with Crippen molar-refractivity contribution < 1.29 is 9.53 Å². The van der Waals surface area contributed by atoms with Crippen LogP contribution in [0.5, 0.6) is 0 Å². The van der Waals surface area contributed by atoms with Crippen LogP contribution in [0.2, 0.25) is 0 Å². The van der Waals surface area contributed by atoms with Gasteiger partial charge in [0.2, 0.25) is 5.91 Å². The van der Waals surface area contributed by atoms with E-state index < -0.39 is 0 Å². The highest BCUT2D eigenvalue weighted by atomic mass is 16.5. The quantitative estimate of drug-likeness (QED) is 0.838. The molecule has 1 aromatic carbocycles. The number of carbonyl (C=O) groups is 1. The lowest BCUT2D eigenvalue weighted by Crippen LogP contribution is -2.54. The number of amides is 1. The molecule has 1 radical (unpaired) electrons. The van der Waals surface area contributed by atoms with Crippen LogP contribution in [0.25, 0.3) is 0 Å². The smallest absolute Gasteiger partial charge is 0.225 e. The number of hydrogen-bond acceptors (Lipinski definition) is 3. The van der Waals surface area contributed by atoms with E-state index in [9.17, 15) is 4.79 Å². The average molecular weight is 303 g/mol. The van der Waals surface area contributed by atoms with Crippen molar-refractivity contribution in [3.63, 3.8) is 0 Å². The number of ether oxygens (including phenoxy) is 1. The first-order valence-electron chi connectivity index (χ1n) is 8.08. The fraction of sp³-hybridized carbons (Fsp3) is 0.611. The Kier molecular flexibility index (Phi) is 5.83. The summed E-state index contributed by atoms with van der Waals surface area (Å²) in [6.07, 6.45) is 0.471. The highest BCUT2D eigenvalue weighted by Crippen LogP contribution is 2.23. The van der Waals surface area contributed by atoms with E-state index in [1.807, 2.05) is 11.0 Å². The van der Waals surface area contributed by atoms with E-state index in [-0.39, 0.29) is 11.9 Å². The first-order valence-corrected chi connectivity index (χ1v) is 8.08. The lowest BCUT2D eigenvalue weighted by molar-refractivity contribution is -0.134. The van der Waals surface area contributed by atoms with Crippen molar-refractivity contribution in [3.8, 4) is 0 Å². The topological polar surface area (TPSA) is 32.8 Å². The summed E-state index contributed by atoms with van der Waals surface area (Å²) >= 11 is 0. The lowest BCUT2D eigenvalue weighted by Gasteiger charge is -2.41. The zero-order valence-electron chi connectivity index (χ0n) is 14.1. The second kappa shape index (κ2) is 7.63. The Bertz CT molecular complexity index is 502. The van der Waals surface area contributed by atoms with Crippen LogP contribution in [-0.4, -0.2) is 50.2 Å². The third-order valence-corrected chi connectivity index (χ3v) is 4.26. The zero-order valence-corrected chi connectivity index (χ0v) is 14.1. The standard InChI is InChI=1S/C18H27N2O2/c1-14(2)16-6-5-7-17(12-16)19-9-10-20(15(3)13-19)18(21)8-11-22-4/h5,7,12,14-15H,8-11,13H2,1-4H3. The van der Waals surface area contributed by atoms with Crippen molar-refractivity contribution in [3.05, 3.63) is 29.8 Å². The van der Waals surface area contributed by atoms with Gasteiger partial charge in [0.05, 0.1) is 13.0 Å². The monoisotopic (exact) mass is 303 g/mol. The molecular formula is C18H27N2O2. The van der Waals surface area contributed by atoms with Gasteiger partial charge in [0, 0.05) is 38.5 Å². The summed E-state index contributed by atoms with van der Waals surface area (Å²) in [5, 5.41) is 0. The van der Waals surface area contributed by atoms with E-state index in [1.54, 1.807) is 7.11 Å². The van der Waals surface area contributed by atoms with Crippen LogP contribution in [0.15, 0.2) is 18.2 Å². The normalized spacial score (nSPS) is 18.9. The first kappa shape index (κ1) is 16.8. The summed E-state index contributed by atoms with van der Waals surface area (Å²) in [5.41, 5.74) is 2.47. The third kappa shape index (κ3) is 4.01. The van der Waals surface area contributed by atoms with Gasteiger partial charge in [-0.15, -0.1) is 0 Å². The number of benzene rings is 1. The van der Waals surface area contributed by atoms with Crippen LogP contribution in [0.1, 0.15) is 38.7 Å². The Balaban J connectivity index is 2.00. The highest BCUT2D eigenvalue weighted by Gasteiger charge is 2.27. The lowest BCUT2D eigenvalue weighted by atomic mass is 10.0. The molecule has 1 aliphatic rings. The van der Waals surface area contributed by atoms with E-state index in [0.717, 1.165) is 19.6 Å². The van der Waals surface area contributed by atoms with Gasteiger partial charge in [0.25, 0.3) is 0 Å². The number of piperazine rings is 1. The molecular weight excluding hydrogens is 276 g/mol. The molecule has 4 heteroatoms. The second-order valence-corrected chi connectivity index (χ2v) is 6.28. The Morgan fingerprint density at radius 2 is 2.23 bits per heavy atom. The molecule has 0 saturated carbocycles. The molecule has 0 aliphatic carbocycles. The molecule has 1 aliphatic heterocycles. The molecule has 1 unspecified atom stereocenters. The fourth-order valence-electron chi connectivity index (χ4n) is 2.90. The van der Waals surface area contributed by atoms with E-state index in [2.05, 4.69) is 43.9 Å². The molecule has 1 atom stereocenters. The van der Waals surface area contributed by atoms with Crippen molar-refractivity contribution in [1.82, 2.24) is 4.90 Å². The summed E-state index contributed by atoms with van der Waals surface area (Å²) < 4.78 is 5.00. The van der Waals surface area contributed by atoms with Gasteiger partial charge in [-0.1, -0.05) is 19.9 Å². The fourth-order valence-corrected chi connectivity index (χ4v) is 2.90. The van der Waals surface area contributed by atoms with E-state index in [0.29, 0.717) is 18.9 Å². The van der Waals surface area contributed by atoms with Crippen LogP contribution >= 0.6 is 0 Å². The van der Waals surface area contributed by atoms with Crippen molar-refractivity contribution in [2.75, 3.05) is 38.3 Å². The van der Waals surface area contributed by atoms with E-state index >= 15 is 0 Å².